The highest BCUT2D eigenvalue weighted by Gasteiger charge is 2.31. The van der Waals surface area contributed by atoms with Crippen molar-refractivity contribution in [2.75, 3.05) is 0 Å². The van der Waals surface area contributed by atoms with E-state index in [1.165, 1.54) is 26.0 Å². The average molecular weight is 206 g/mol. The smallest absolute Gasteiger partial charge is 0.239 e. The molecule has 0 aliphatic rings. The summed E-state index contributed by atoms with van der Waals surface area (Å²) in [6, 6.07) is 4.31. The normalized spacial score (nSPS) is 13.0. The van der Waals surface area contributed by atoms with Crippen LogP contribution in [0.4, 0.5) is 17.6 Å². The van der Waals surface area contributed by atoms with Gasteiger partial charge in [-0.15, -0.1) is 0 Å². The summed E-state index contributed by atoms with van der Waals surface area (Å²) in [5, 5.41) is 0. The molecule has 0 nitrogen and oxygen atoms in total. The van der Waals surface area contributed by atoms with Crippen molar-refractivity contribution in [2.45, 2.75) is 25.7 Å². The summed E-state index contributed by atoms with van der Waals surface area (Å²) in [4.78, 5) is 0. The Kier molecular flexibility index (Phi) is 2.56. The van der Waals surface area contributed by atoms with Gasteiger partial charge in [0.1, 0.15) is 5.67 Å². The highest BCUT2D eigenvalue weighted by atomic mass is 19.4. The fraction of sp³-hybridized carbons (Fsp3) is 0.400. The Morgan fingerprint density at radius 1 is 0.929 bits per heavy atom. The SMILES string of the molecule is CC(C)(F)c1cccc(C(F)(F)F)c1. The van der Waals surface area contributed by atoms with Crippen molar-refractivity contribution in [1.82, 2.24) is 0 Å². The minimum atomic E-state index is -4.42. The number of alkyl halides is 4. The van der Waals surface area contributed by atoms with Crippen LogP contribution in [0.5, 0.6) is 0 Å². The minimum absolute atomic E-state index is 0.0346. The van der Waals surface area contributed by atoms with Gasteiger partial charge < -0.3 is 0 Å². The van der Waals surface area contributed by atoms with Crippen LogP contribution in [0.3, 0.4) is 0 Å². The summed E-state index contributed by atoms with van der Waals surface area (Å²) in [7, 11) is 0. The fourth-order valence-electron chi connectivity index (χ4n) is 1.07. The van der Waals surface area contributed by atoms with E-state index >= 15 is 0 Å². The molecule has 4 heteroatoms. The van der Waals surface area contributed by atoms with Gasteiger partial charge in [-0.25, -0.2) is 4.39 Å². The quantitative estimate of drug-likeness (QED) is 0.611. The highest BCUT2D eigenvalue weighted by molar-refractivity contribution is 5.29. The molecule has 0 aromatic heterocycles. The van der Waals surface area contributed by atoms with Crippen LogP contribution in [0, 0.1) is 0 Å². The lowest BCUT2D eigenvalue weighted by Crippen LogP contribution is -2.12. The Labute approximate surface area is 79.6 Å². The largest absolute Gasteiger partial charge is 0.416 e. The molecule has 0 N–H and O–H groups in total. The molecule has 0 bridgehead atoms. The molecule has 0 saturated heterocycles. The van der Waals surface area contributed by atoms with Crippen LogP contribution < -0.4 is 0 Å². The fourth-order valence-corrected chi connectivity index (χ4v) is 1.07. The molecule has 78 valence electrons. The van der Waals surface area contributed by atoms with Crippen LogP contribution in [0.1, 0.15) is 25.0 Å². The van der Waals surface area contributed by atoms with Crippen molar-refractivity contribution in [2.24, 2.45) is 0 Å². The standard InChI is InChI=1S/C10H10F4/c1-9(2,11)7-4-3-5-8(6-7)10(12,13)14/h3-6H,1-2H3. The van der Waals surface area contributed by atoms with Crippen molar-refractivity contribution in [1.29, 1.82) is 0 Å². The van der Waals surface area contributed by atoms with Crippen molar-refractivity contribution < 1.29 is 17.6 Å². The average Bonchev–Trinajstić information content (AvgIpc) is 2.01. The van der Waals surface area contributed by atoms with E-state index in [4.69, 9.17) is 0 Å². The first-order valence-electron chi connectivity index (χ1n) is 4.08. The van der Waals surface area contributed by atoms with E-state index in [9.17, 15) is 17.6 Å². The predicted octanol–water partition coefficient (Wildman–Crippen LogP) is 3.91. The molecular weight excluding hydrogens is 196 g/mol. The predicted molar refractivity (Wildman–Crippen MR) is 45.6 cm³/mol. The molecule has 0 saturated carbocycles. The summed E-state index contributed by atoms with van der Waals surface area (Å²) in [5.74, 6) is 0. The van der Waals surface area contributed by atoms with Gasteiger partial charge in [-0.3, -0.25) is 0 Å². The summed E-state index contributed by atoms with van der Waals surface area (Å²) in [6.07, 6.45) is -4.42. The molecule has 0 atom stereocenters. The topological polar surface area (TPSA) is 0 Å². The second-order valence-electron chi connectivity index (χ2n) is 3.55. The number of hydrogen-bond donors (Lipinski definition) is 0. The van der Waals surface area contributed by atoms with Gasteiger partial charge in [-0.2, -0.15) is 13.2 Å². The Balaban J connectivity index is 3.15. The number of benzene rings is 1. The zero-order valence-electron chi connectivity index (χ0n) is 7.82. The molecule has 0 fully saturated rings. The van der Waals surface area contributed by atoms with Crippen LogP contribution in [0.25, 0.3) is 0 Å². The Bertz CT molecular complexity index is 290. The van der Waals surface area contributed by atoms with Crippen molar-refractivity contribution >= 4 is 0 Å². The van der Waals surface area contributed by atoms with Gasteiger partial charge in [0.25, 0.3) is 0 Å². The van der Waals surface area contributed by atoms with Gasteiger partial charge in [-0.05, 0) is 31.5 Å². The molecule has 0 aliphatic carbocycles. The highest BCUT2D eigenvalue weighted by Crippen LogP contribution is 2.33. The molecule has 0 aliphatic heterocycles. The lowest BCUT2D eigenvalue weighted by Gasteiger charge is -2.16. The molecule has 0 radical (unpaired) electrons. The first kappa shape index (κ1) is 11.0. The van der Waals surface area contributed by atoms with E-state index in [0.717, 1.165) is 12.1 Å². The van der Waals surface area contributed by atoms with Gasteiger partial charge in [-0.1, -0.05) is 12.1 Å². The van der Waals surface area contributed by atoms with Gasteiger partial charge in [0.2, 0.25) is 0 Å². The maximum absolute atomic E-state index is 13.3. The first-order valence-corrected chi connectivity index (χ1v) is 4.08. The Hall–Kier alpha value is -1.06. The second kappa shape index (κ2) is 3.26. The number of halogens is 4. The zero-order chi connectivity index (χ0) is 11.0. The maximum Gasteiger partial charge on any atom is 0.416 e. The molecule has 1 aromatic rings. The third-order valence-electron chi connectivity index (χ3n) is 1.88. The van der Waals surface area contributed by atoms with Crippen LogP contribution in [0.2, 0.25) is 0 Å². The van der Waals surface area contributed by atoms with Gasteiger partial charge in [0.05, 0.1) is 5.56 Å². The van der Waals surface area contributed by atoms with Crippen molar-refractivity contribution in [3.63, 3.8) is 0 Å². The van der Waals surface area contributed by atoms with Crippen molar-refractivity contribution in [3.8, 4) is 0 Å². The Morgan fingerprint density at radius 2 is 1.43 bits per heavy atom. The Morgan fingerprint density at radius 3 is 1.86 bits per heavy atom. The third kappa shape index (κ3) is 2.47. The number of rotatable bonds is 1. The summed E-state index contributed by atoms with van der Waals surface area (Å²) >= 11 is 0. The lowest BCUT2D eigenvalue weighted by atomic mass is 9.98. The molecule has 0 unspecified atom stereocenters. The van der Waals surface area contributed by atoms with Crippen LogP contribution in [0.15, 0.2) is 24.3 Å². The molecule has 1 aromatic carbocycles. The van der Waals surface area contributed by atoms with Crippen LogP contribution in [-0.2, 0) is 11.8 Å². The molecule has 1 rings (SSSR count). The van der Waals surface area contributed by atoms with E-state index in [0.29, 0.717) is 0 Å². The molecule has 14 heavy (non-hydrogen) atoms. The van der Waals surface area contributed by atoms with Gasteiger partial charge in [0.15, 0.2) is 0 Å². The zero-order valence-corrected chi connectivity index (χ0v) is 7.82. The molecule has 0 amide bonds. The number of hydrogen-bond acceptors (Lipinski definition) is 0. The molecular formula is C10H10F4. The van der Waals surface area contributed by atoms with Crippen molar-refractivity contribution in [3.05, 3.63) is 35.4 Å². The van der Waals surface area contributed by atoms with E-state index in [-0.39, 0.29) is 5.56 Å². The van der Waals surface area contributed by atoms with E-state index < -0.39 is 17.4 Å². The van der Waals surface area contributed by atoms with Gasteiger partial charge >= 0.3 is 6.18 Å². The second-order valence-corrected chi connectivity index (χ2v) is 3.55. The van der Waals surface area contributed by atoms with Crippen LogP contribution in [-0.4, -0.2) is 0 Å². The first-order chi connectivity index (χ1) is 6.21. The lowest BCUT2D eigenvalue weighted by molar-refractivity contribution is -0.137. The molecule has 0 heterocycles. The summed E-state index contributed by atoms with van der Waals surface area (Å²) in [6.45, 7) is 2.45. The minimum Gasteiger partial charge on any atom is -0.239 e. The summed E-state index contributed by atoms with van der Waals surface area (Å²) in [5.41, 5.74) is -2.53. The van der Waals surface area contributed by atoms with Gasteiger partial charge in [0, 0.05) is 0 Å². The van der Waals surface area contributed by atoms with E-state index in [2.05, 4.69) is 0 Å². The van der Waals surface area contributed by atoms with E-state index in [1.807, 2.05) is 0 Å². The van der Waals surface area contributed by atoms with E-state index in [1.54, 1.807) is 0 Å². The maximum atomic E-state index is 13.3. The third-order valence-corrected chi connectivity index (χ3v) is 1.88. The summed E-state index contributed by atoms with van der Waals surface area (Å²) < 4.78 is 50.0. The monoisotopic (exact) mass is 206 g/mol. The van der Waals surface area contributed by atoms with Crippen LogP contribution >= 0.6 is 0 Å². The molecule has 0 spiro atoms.